The third-order valence-electron chi connectivity index (χ3n) is 5.48. The van der Waals surface area contributed by atoms with Gasteiger partial charge in [-0.05, 0) is 56.4 Å². The molecule has 7 heteroatoms. The second-order valence-electron chi connectivity index (χ2n) is 7.08. The molecule has 3 aliphatic rings. The Labute approximate surface area is 152 Å². The number of amides is 4. The van der Waals surface area contributed by atoms with Crippen molar-refractivity contribution in [1.29, 1.82) is 0 Å². The van der Waals surface area contributed by atoms with Crippen molar-refractivity contribution in [2.75, 3.05) is 22.9 Å². The molecule has 4 rings (SSSR count). The minimum Gasteiger partial charge on any atom is -0.368 e. The van der Waals surface area contributed by atoms with Crippen molar-refractivity contribution in [3.63, 3.8) is 0 Å². The second-order valence-corrected chi connectivity index (χ2v) is 7.08. The highest BCUT2D eigenvalue weighted by molar-refractivity contribution is 6.04. The Hall–Kier alpha value is -2.57. The van der Waals surface area contributed by atoms with E-state index in [4.69, 9.17) is 5.73 Å². The van der Waals surface area contributed by atoms with Gasteiger partial charge in [0.15, 0.2) is 0 Å². The molecule has 3 fully saturated rings. The van der Waals surface area contributed by atoms with E-state index in [1.807, 2.05) is 18.6 Å². The number of primary amides is 1. The SMILES string of the molecule is NC(=O)C1[C@H]2[CH]CCCN2C(=O)N1c1ccc(N2CCCCC2=O)cc1. The number of anilines is 2. The maximum absolute atomic E-state index is 12.9. The summed E-state index contributed by atoms with van der Waals surface area (Å²) in [5.41, 5.74) is 7.09. The van der Waals surface area contributed by atoms with E-state index in [2.05, 4.69) is 0 Å². The lowest BCUT2D eigenvalue weighted by molar-refractivity contribution is -0.120. The number of fused-ring (bicyclic) bond motifs is 1. The maximum Gasteiger partial charge on any atom is 0.325 e. The Kier molecular flexibility index (Phi) is 4.30. The molecule has 7 nitrogen and oxygen atoms in total. The summed E-state index contributed by atoms with van der Waals surface area (Å²) in [5.74, 6) is -0.373. The van der Waals surface area contributed by atoms with E-state index < -0.39 is 11.9 Å². The highest BCUT2D eigenvalue weighted by Gasteiger charge is 2.50. The zero-order chi connectivity index (χ0) is 18.3. The highest BCUT2D eigenvalue weighted by Crippen LogP contribution is 2.35. The lowest BCUT2D eigenvalue weighted by Crippen LogP contribution is -2.48. The molecule has 3 heterocycles. The molecule has 0 bridgehead atoms. The van der Waals surface area contributed by atoms with Gasteiger partial charge in [-0.3, -0.25) is 14.5 Å². The third-order valence-corrected chi connectivity index (χ3v) is 5.48. The number of rotatable bonds is 3. The molecular formula is C19H23N4O3. The van der Waals surface area contributed by atoms with Gasteiger partial charge in [-0.1, -0.05) is 0 Å². The second kappa shape index (κ2) is 6.63. The summed E-state index contributed by atoms with van der Waals surface area (Å²) in [4.78, 5) is 42.0. The Balaban J connectivity index is 1.62. The van der Waals surface area contributed by atoms with Crippen molar-refractivity contribution in [1.82, 2.24) is 4.90 Å². The minimum atomic E-state index is -0.690. The molecule has 1 aromatic rings. The molecule has 3 saturated heterocycles. The van der Waals surface area contributed by atoms with E-state index in [1.165, 1.54) is 4.90 Å². The molecule has 0 aliphatic carbocycles. The molecule has 2 N–H and O–H groups in total. The van der Waals surface area contributed by atoms with E-state index in [-0.39, 0.29) is 18.0 Å². The van der Waals surface area contributed by atoms with Crippen molar-refractivity contribution in [3.8, 4) is 0 Å². The standard InChI is InChI=1S/C19H23N4O3/c20-18(25)17-15-5-1-3-12-22(15)19(26)23(17)14-9-7-13(8-10-14)21-11-4-2-6-16(21)24/h5,7-10,15,17H,1-4,6,11-12H2,(H2,20,25)/t15-,17?/m1/s1. The molecule has 2 atom stereocenters. The molecule has 0 spiro atoms. The Morgan fingerprint density at radius 2 is 1.73 bits per heavy atom. The van der Waals surface area contributed by atoms with Gasteiger partial charge in [0.2, 0.25) is 11.8 Å². The van der Waals surface area contributed by atoms with Crippen molar-refractivity contribution in [2.24, 2.45) is 5.73 Å². The first-order valence-corrected chi connectivity index (χ1v) is 9.21. The van der Waals surface area contributed by atoms with Gasteiger partial charge in [0.1, 0.15) is 6.04 Å². The number of nitrogens with two attached hydrogens (primary N) is 1. The van der Waals surface area contributed by atoms with Gasteiger partial charge in [-0.2, -0.15) is 0 Å². The predicted octanol–water partition coefficient (Wildman–Crippen LogP) is 1.67. The van der Waals surface area contributed by atoms with Gasteiger partial charge in [-0.15, -0.1) is 0 Å². The first kappa shape index (κ1) is 16.9. The summed E-state index contributed by atoms with van der Waals surface area (Å²) in [7, 11) is 0. The summed E-state index contributed by atoms with van der Waals surface area (Å²) in [6, 6.07) is 6.13. The van der Waals surface area contributed by atoms with E-state index in [9.17, 15) is 14.4 Å². The van der Waals surface area contributed by atoms with Crippen LogP contribution in [0.3, 0.4) is 0 Å². The summed E-state index contributed by atoms with van der Waals surface area (Å²) in [6.45, 7) is 1.36. The minimum absolute atomic E-state index is 0.128. The Morgan fingerprint density at radius 3 is 2.42 bits per heavy atom. The number of carbonyl (C=O) groups is 3. The predicted molar refractivity (Wildman–Crippen MR) is 97.5 cm³/mol. The van der Waals surface area contributed by atoms with E-state index >= 15 is 0 Å². The third kappa shape index (κ3) is 2.71. The normalized spacial score (nSPS) is 26.2. The molecule has 1 aromatic carbocycles. The lowest BCUT2D eigenvalue weighted by atomic mass is 9.97. The molecule has 3 aliphatic heterocycles. The number of hydrogen-bond acceptors (Lipinski definition) is 3. The van der Waals surface area contributed by atoms with Crippen LogP contribution in [-0.4, -0.2) is 47.9 Å². The van der Waals surface area contributed by atoms with Gasteiger partial charge in [-0.25, -0.2) is 4.79 Å². The maximum atomic E-state index is 12.9. The molecular weight excluding hydrogens is 332 g/mol. The van der Waals surface area contributed by atoms with Gasteiger partial charge < -0.3 is 15.5 Å². The van der Waals surface area contributed by atoms with Gasteiger partial charge in [0, 0.05) is 30.9 Å². The Bertz CT molecular complexity index is 733. The molecule has 137 valence electrons. The summed E-state index contributed by atoms with van der Waals surface area (Å²) in [6.07, 6.45) is 6.29. The first-order valence-electron chi connectivity index (χ1n) is 9.21. The number of urea groups is 1. The molecule has 4 amide bonds. The molecule has 0 aromatic heterocycles. The average Bonchev–Trinajstić information content (AvgIpc) is 2.96. The summed E-state index contributed by atoms with van der Waals surface area (Å²) >= 11 is 0. The van der Waals surface area contributed by atoms with Crippen LogP contribution < -0.4 is 15.5 Å². The number of carbonyl (C=O) groups excluding carboxylic acids is 3. The molecule has 1 radical (unpaired) electrons. The van der Waals surface area contributed by atoms with Crippen LogP contribution >= 0.6 is 0 Å². The quantitative estimate of drug-likeness (QED) is 0.895. The van der Waals surface area contributed by atoms with E-state index in [0.29, 0.717) is 18.7 Å². The smallest absolute Gasteiger partial charge is 0.325 e. The van der Waals surface area contributed by atoms with Crippen molar-refractivity contribution < 1.29 is 14.4 Å². The summed E-state index contributed by atoms with van der Waals surface area (Å²) in [5, 5.41) is 0. The fourth-order valence-corrected chi connectivity index (χ4v) is 4.20. The zero-order valence-corrected chi connectivity index (χ0v) is 14.6. The highest BCUT2D eigenvalue weighted by atomic mass is 16.2. The van der Waals surface area contributed by atoms with Crippen LogP contribution in [0.4, 0.5) is 16.2 Å². The fourth-order valence-electron chi connectivity index (χ4n) is 4.20. The number of piperidine rings is 2. The van der Waals surface area contributed by atoms with Gasteiger partial charge in [0.05, 0.1) is 6.04 Å². The van der Waals surface area contributed by atoms with E-state index in [0.717, 1.165) is 37.9 Å². The lowest BCUT2D eigenvalue weighted by Gasteiger charge is -2.29. The Morgan fingerprint density at radius 1 is 1.00 bits per heavy atom. The fraction of sp³-hybridized carbons (Fsp3) is 0.474. The first-order chi connectivity index (χ1) is 12.6. The molecule has 0 saturated carbocycles. The van der Waals surface area contributed by atoms with Gasteiger partial charge >= 0.3 is 6.03 Å². The average molecular weight is 355 g/mol. The van der Waals surface area contributed by atoms with Gasteiger partial charge in [0.25, 0.3) is 0 Å². The zero-order valence-electron chi connectivity index (χ0n) is 14.6. The number of nitrogens with zero attached hydrogens (tertiary/aromatic N) is 3. The van der Waals surface area contributed by atoms with Crippen LogP contribution in [0.2, 0.25) is 0 Å². The number of benzene rings is 1. The molecule has 1 unspecified atom stereocenters. The van der Waals surface area contributed by atoms with Crippen LogP contribution in [0.5, 0.6) is 0 Å². The topological polar surface area (TPSA) is 86.9 Å². The van der Waals surface area contributed by atoms with Crippen molar-refractivity contribution in [2.45, 2.75) is 44.2 Å². The van der Waals surface area contributed by atoms with Crippen LogP contribution in [0.15, 0.2) is 24.3 Å². The largest absolute Gasteiger partial charge is 0.368 e. The monoisotopic (exact) mass is 355 g/mol. The van der Waals surface area contributed by atoms with Crippen molar-refractivity contribution >= 4 is 29.2 Å². The van der Waals surface area contributed by atoms with Crippen LogP contribution in [0, 0.1) is 6.42 Å². The van der Waals surface area contributed by atoms with Crippen LogP contribution in [0.25, 0.3) is 0 Å². The van der Waals surface area contributed by atoms with Crippen LogP contribution in [-0.2, 0) is 9.59 Å². The van der Waals surface area contributed by atoms with Crippen LogP contribution in [0.1, 0.15) is 32.1 Å². The van der Waals surface area contributed by atoms with E-state index in [1.54, 1.807) is 21.9 Å². The van der Waals surface area contributed by atoms with Crippen molar-refractivity contribution in [3.05, 3.63) is 30.7 Å². The molecule has 26 heavy (non-hydrogen) atoms. The summed E-state index contributed by atoms with van der Waals surface area (Å²) < 4.78 is 0. The number of hydrogen-bond donors (Lipinski definition) is 1.